The number of anilines is 2. The molecule has 0 fully saturated rings. The molecule has 0 heterocycles. The van der Waals surface area contributed by atoms with E-state index >= 15 is 0 Å². The van der Waals surface area contributed by atoms with Crippen LogP contribution in [0.2, 0.25) is 0 Å². The lowest BCUT2D eigenvalue weighted by Gasteiger charge is -2.10. The second kappa shape index (κ2) is 9.97. The summed E-state index contributed by atoms with van der Waals surface area (Å²) in [5.74, 6) is 6.91. The number of sulfonamides is 2. The third-order valence-electron chi connectivity index (χ3n) is 6.22. The lowest BCUT2D eigenvalue weighted by Crippen LogP contribution is -2.14. The van der Waals surface area contributed by atoms with Crippen LogP contribution in [0.4, 0.5) is 11.4 Å². The highest BCUT2D eigenvalue weighted by atomic mass is 32.2. The van der Waals surface area contributed by atoms with Gasteiger partial charge >= 0.3 is 0 Å². The van der Waals surface area contributed by atoms with Gasteiger partial charge in [0.2, 0.25) is 0 Å². The molecule has 39 heavy (non-hydrogen) atoms. The molecular formula is C27H24N4O6S2. The molecule has 5 rings (SSSR count). The fraction of sp³-hybridized carbons (Fsp3) is 0.0741. The van der Waals surface area contributed by atoms with Crippen molar-refractivity contribution in [2.24, 2.45) is 10.9 Å². The van der Waals surface area contributed by atoms with Crippen molar-refractivity contribution in [2.75, 3.05) is 23.7 Å². The summed E-state index contributed by atoms with van der Waals surface area (Å²) in [4.78, 5) is 0.0000770. The molecule has 1 aliphatic rings. The number of fused-ring (bicyclic) bond motifs is 3. The summed E-state index contributed by atoms with van der Waals surface area (Å²) >= 11 is 0. The van der Waals surface area contributed by atoms with E-state index in [0.717, 1.165) is 0 Å². The lowest BCUT2D eigenvalue weighted by molar-refractivity contribution is 0.415. The van der Waals surface area contributed by atoms with Crippen molar-refractivity contribution in [3.8, 4) is 22.6 Å². The minimum atomic E-state index is -3.95. The molecule has 0 unspecified atom stereocenters. The normalized spacial score (nSPS) is 12.3. The SMILES string of the molecule is COc1ccc(NS(=O)(=O)c2ccc3c(c2)C(=NN)c2cc(S(=O)(=O)Nc4ccc(OC)cc4)ccc2-3)cc1. The highest BCUT2D eigenvalue weighted by Crippen LogP contribution is 2.39. The fourth-order valence-corrected chi connectivity index (χ4v) is 6.44. The van der Waals surface area contributed by atoms with E-state index in [0.29, 0.717) is 45.1 Å². The summed E-state index contributed by atoms with van der Waals surface area (Å²) < 4.78 is 67.8. The van der Waals surface area contributed by atoms with Gasteiger partial charge in [-0.2, -0.15) is 5.10 Å². The summed E-state index contributed by atoms with van der Waals surface area (Å²) in [6, 6.07) is 22.1. The molecule has 12 heteroatoms. The largest absolute Gasteiger partial charge is 0.497 e. The molecule has 4 N–H and O–H groups in total. The van der Waals surface area contributed by atoms with Crippen molar-refractivity contribution < 1.29 is 26.3 Å². The zero-order valence-corrected chi connectivity index (χ0v) is 22.5. The van der Waals surface area contributed by atoms with Crippen LogP contribution in [0, 0.1) is 0 Å². The Morgan fingerprint density at radius 1 is 0.590 bits per heavy atom. The van der Waals surface area contributed by atoms with Crippen molar-refractivity contribution in [1.29, 1.82) is 0 Å². The average molecular weight is 565 g/mol. The topological polar surface area (TPSA) is 149 Å². The van der Waals surface area contributed by atoms with E-state index in [4.69, 9.17) is 15.3 Å². The first kappa shape index (κ1) is 26.1. The van der Waals surface area contributed by atoms with Crippen molar-refractivity contribution in [2.45, 2.75) is 9.79 Å². The van der Waals surface area contributed by atoms with Gasteiger partial charge in [0.15, 0.2) is 0 Å². The second-order valence-corrected chi connectivity index (χ2v) is 11.9. The van der Waals surface area contributed by atoms with E-state index in [9.17, 15) is 16.8 Å². The molecule has 0 saturated carbocycles. The average Bonchev–Trinajstić information content (AvgIpc) is 3.25. The Bertz CT molecular complexity index is 1670. The number of methoxy groups -OCH3 is 2. The summed E-state index contributed by atoms with van der Waals surface area (Å²) in [5, 5.41) is 3.88. The predicted octanol–water partition coefficient (Wildman–Crippen LogP) is 4.00. The van der Waals surface area contributed by atoms with Crippen LogP contribution in [0.3, 0.4) is 0 Å². The number of hydrogen-bond acceptors (Lipinski definition) is 8. The maximum absolute atomic E-state index is 13.1. The monoisotopic (exact) mass is 564 g/mol. The lowest BCUT2D eigenvalue weighted by atomic mass is 10.1. The van der Waals surface area contributed by atoms with E-state index in [1.54, 1.807) is 60.7 Å². The molecule has 0 aromatic heterocycles. The minimum absolute atomic E-state index is 0.0000385. The van der Waals surface area contributed by atoms with Crippen LogP contribution in [-0.2, 0) is 20.0 Å². The van der Waals surface area contributed by atoms with Gasteiger partial charge in [-0.15, -0.1) is 0 Å². The Morgan fingerprint density at radius 3 is 1.31 bits per heavy atom. The molecule has 0 aliphatic heterocycles. The summed E-state index contributed by atoms with van der Waals surface area (Å²) in [5.41, 5.74) is 3.33. The molecule has 10 nitrogen and oxygen atoms in total. The number of nitrogens with one attached hydrogen (secondary N) is 2. The zero-order chi connectivity index (χ0) is 27.8. The molecule has 0 saturated heterocycles. The van der Waals surface area contributed by atoms with Crippen molar-refractivity contribution >= 4 is 37.1 Å². The molecule has 0 bridgehead atoms. The van der Waals surface area contributed by atoms with E-state index in [2.05, 4.69) is 14.5 Å². The Balaban J connectivity index is 1.45. The number of ether oxygens (including phenoxy) is 2. The number of nitrogens with zero attached hydrogens (tertiary/aromatic N) is 1. The standard InChI is InChI=1S/C27H24N4O6S2/c1-36-19-7-3-17(4-8-19)30-38(32,33)21-11-13-23-24-14-12-22(16-26(24)27(29-28)25(23)15-21)39(34,35)31-18-5-9-20(37-2)10-6-18/h3-16,30-31H,28H2,1-2H3. The van der Waals surface area contributed by atoms with Crippen molar-refractivity contribution in [3.63, 3.8) is 0 Å². The van der Waals surface area contributed by atoms with Gasteiger partial charge in [0, 0.05) is 22.5 Å². The third-order valence-corrected chi connectivity index (χ3v) is 8.97. The van der Waals surface area contributed by atoms with Gasteiger partial charge < -0.3 is 15.3 Å². The van der Waals surface area contributed by atoms with Gasteiger partial charge in [-0.05, 0) is 83.9 Å². The van der Waals surface area contributed by atoms with Crippen LogP contribution in [0.25, 0.3) is 11.1 Å². The van der Waals surface area contributed by atoms with Crippen molar-refractivity contribution in [3.05, 3.63) is 96.1 Å². The predicted molar refractivity (Wildman–Crippen MR) is 149 cm³/mol. The van der Waals surface area contributed by atoms with Crippen LogP contribution in [-0.4, -0.2) is 36.8 Å². The highest BCUT2D eigenvalue weighted by molar-refractivity contribution is 7.93. The second-order valence-electron chi connectivity index (χ2n) is 8.56. The van der Waals surface area contributed by atoms with Crippen molar-refractivity contribution in [1.82, 2.24) is 0 Å². The van der Waals surface area contributed by atoms with E-state index < -0.39 is 20.0 Å². The van der Waals surface area contributed by atoms with Gasteiger partial charge in [-0.25, -0.2) is 16.8 Å². The fourth-order valence-electron chi connectivity index (χ4n) is 4.27. The molecule has 0 spiro atoms. The highest BCUT2D eigenvalue weighted by Gasteiger charge is 2.29. The molecule has 0 atom stereocenters. The summed E-state index contributed by atoms with van der Waals surface area (Å²) in [6.45, 7) is 0. The van der Waals surface area contributed by atoms with Crippen LogP contribution >= 0.6 is 0 Å². The van der Waals surface area contributed by atoms with E-state index in [-0.39, 0.29) is 15.5 Å². The molecule has 0 amide bonds. The minimum Gasteiger partial charge on any atom is -0.497 e. The maximum atomic E-state index is 13.1. The van der Waals surface area contributed by atoms with Crippen LogP contribution in [0.1, 0.15) is 11.1 Å². The molecule has 200 valence electrons. The molecule has 4 aromatic carbocycles. The van der Waals surface area contributed by atoms with Crippen LogP contribution < -0.4 is 24.8 Å². The number of hydrazone groups is 1. The number of benzene rings is 4. The van der Waals surface area contributed by atoms with Gasteiger partial charge in [0.05, 0.1) is 29.7 Å². The Labute approximate surface area is 226 Å². The third kappa shape index (κ3) is 4.99. The van der Waals surface area contributed by atoms with Gasteiger partial charge in [-0.3, -0.25) is 9.44 Å². The van der Waals surface area contributed by atoms with Crippen LogP contribution in [0.5, 0.6) is 11.5 Å². The molecular weight excluding hydrogens is 540 g/mol. The number of hydrogen-bond donors (Lipinski definition) is 3. The van der Waals surface area contributed by atoms with Gasteiger partial charge in [0.1, 0.15) is 11.5 Å². The van der Waals surface area contributed by atoms with Crippen LogP contribution in [0.15, 0.2) is 99.8 Å². The Hall–Kier alpha value is -4.55. The molecule has 1 aliphatic carbocycles. The Morgan fingerprint density at radius 2 is 0.974 bits per heavy atom. The summed E-state index contributed by atoms with van der Waals surface area (Å²) in [7, 11) is -4.85. The first-order chi connectivity index (χ1) is 18.6. The number of rotatable bonds is 8. The zero-order valence-electron chi connectivity index (χ0n) is 20.9. The maximum Gasteiger partial charge on any atom is 0.261 e. The summed E-state index contributed by atoms with van der Waals surface area (Å²) in [6.07, 6.45) is 0. The van der Waals surface area contributed by atoms with Gasteiger partial charge in [0.25, 0.3) is 20.0 Å². The first-order valence-corrected chi connectivity index (χ1v) is 14.5. The van der Waals surface area contributed by atoms with Gasteiger partial charge in [-0.1, -0.05) is 12.1 Å². The quantitative estimate of drug-likeness (QED) is 0.190. The number of nitrogens with two attached hydrogens (primary N) is 1. The Kier molecular flexibility index (Phi) is 6.66. The smallest absolute Gasteiger partial charge is 0.261 e. The first-order valence-electron chi connectivity index (χ1n) is 11.6. The molecule has 0 radical (unpaired) electrons. The van der Waals surface area contributed by atoms with E-state index in [1.165, 1.54) is 38.5 Å². The molecule has 4 aromatic rings. The van der Waals surface area contributed by atoms with E-state index in [1.807, 2.05) is 0 Å².